The quantitative estimate of drug-likeness (QED) is 0.209. The van der Waals surface area contributed by atoms with Crippen molar-refractivity contribution in [1.29, 1.82) is 0 Å². The van der Waals surface area contributed by atoms with Gasteiger partial charge in [-0.05, 0) is 55.0 Å². The molecule has 0 aliphatic heterocycles. The molecule has 4 aromatic rings. The van der Waals surface area contributed by atoms with E-state index in [2.05, 4.69) is 15.5 Å². The van der Waals surface area contributed by atoms with Crippen LogP contribution >= 0.6 is 12.2 Å². The van der Waals surface area contributed by atoms with Crippen molar-refractivity contribution in [2.24, 2.45) is 10.2 Å². The van der Waals surface area contributed by atoms with Gasteiger partial charge in [0.2, 0.25) is 11.0 Å². The molecule has 1 aromatic heterocycles. The number of azo groups is 1. The molecule has 0 unspecified atom stereocenters. The number of thiocarbonyl (C=S) groups is 1. The van der Waals surface area contributed by atoms with Crippen LogP contribution in [0.15, 0.2) is 89.1 Å². The molecule has 7 nitrogen and oxygen atoms in total. The van der Waals surface area contributed by atoms with Crippen LogP contribution in [0, 0.1) is 0 Å². The smallest absolute Gasteiger partial charge is 0.338 e. The molecule has 4 rings (SSSR count). The van der Waals surface area contributed by atoms with E-state index in [1.807, 2.05) is 54.6 Å². The standard InChI is InChI=1S/C25H22N4O3S/c1-2-32-24(31)18-12-14-19(15-13-18)26-25(33)28-27-22-20-10-6-7-11-21(20)29(23(22)30)16-17-8-4-3-5-9-17/h3-15,30H,2,16H2,1H3,(H,26,33). The molecule has 33 heavy (non-hydrogen) atoms. The van der Waals surface area contributed by atoms with E-state index in [1.54, 1.807) is 35.8 Å². The highest BCUT2D eigenvalue weighted by atomic mass is 32.1. The molecule has 0 radical (unpaired) electrons. The molecule has 0 saturated heterocycles. The van der Waals surface area contributed by atoms with Crippen LogP contribution in [0.25, 0.3) is 10.9 Å². The van der Waals surface area contributed by atoms with Gasteiger partial charge in [-0.1, -0.05) is 48.5 Å². The van der Waals surface area contributed by atoms with Crippen molar-refractivity contribution in [2.75, 3.05) is 11.9 Å². The van der Waals surface area contributed by atoms with E-state index < -0.39 is 0 Å². The largest absolute Gasteiger partial charge is 0.493 e. The van der Waals surface area contributed by atoms with Gasteiger partial charge in [0.1, 0.15) is 0 Å². The number of para-hydroxylation sites is 1. The number of carbonyl (C=O) groups is 1. The van der Waals surface area contributed by atoms with Gasteiger partial charge >= 0.3 is 5.97 Å². The molecule has 0 saturated carbocycles. The zero-order valence-corrected chi connectivity index (χ0v) is 18.7. The SMILES string of the molecule is CCOC(=O)c1ccc(NC(=S)N=Nc2c(O)n(Cc3ccccc3)c3ccccc23)cc1. The van der Waals surface area contributed by atoms with E-state index >= 15 is 0 Å². The van der Waals surface area contributed by atoms with E-state index in [0.717, 1.165) is 16.5 Å². The lowest BCUT2D eigenvalue weighted by Gasteiger charge is -2.07. The molecule has 0 bridgehead atoms. The molecule has 3 aromatic carbocycles. The summed E-state index contributed by atoms with van der Waals surface area (Å²) in [4.78, 5) is 11.8. The Hall–Kier alpha value is -4.04. The summed E-state index contributed by atoms with van der Waals surface area (Å²) in [5.41, 5.74) is 3.36. The number of nitrogens with one attached hydrogen (secondary N) is 1. The van der Waals surface area contributed by atoms with Crippen molar-refractivity contribution in [3.63, 3.8) is 0 Å². The van der Waals surface area contributed by atoms with Crippen LogP contribution in [-0.2, 0) is 11.3 Å². The number of aromatic hydroxyl groups is 1. The summed E-state index contributed by atoms with van der Waals surface area (Å²) >= 11 is 5.29. The maximum Gasteiger partial charge on any atom is 0.338 e. The first kappa shape index (κ1) is 22.2. The van der Waals surface area contributed by atoms with Crippen LogP contribution in [-0.4, -0.2) is 27.4 Å². The minimum atomic E-state index is -0.381. The van der Waals surface area contributed by atoms with Gasteiger partial charge < -0.3 is 19.7 Å². The Kier molecular flexibility index (Phi) is 6.75. The number of benzene rings is 3. The number of nitrogens with zero attached hydrogens (tertiary/aromatic N) is 3. The summed E-state index contributed by atoms with van der Waals surface area (Å²) < 4.78 is 6.77. The van der Waals surface area contributed by atoms with Crippen LogP contribution in [0.1, 0.15) is 22.8 Å². The number of anilines is 1. The number of hydrogen-bond donors (Lipinski definition) is 2. The van der Waals surface area contributed by atoms with Gasteiger partial charge in [0.15, 0.2) is 5.69 Å². The summed E-state index contributed by atoms with van der Waals surface area (Å²) in [7, 11) is 0. The molecule has 0 amide bonds. The Bertz CT molecular complexity index is 1320. The number of fused-ring (bicyclic) bond motifs is 1. The molecule has 0 fully saturated rings. The van der Waals surface area contributed by atoms with Crippen LogP contribution in [0.4, 0.5) is 11.4 Å². The van der Waals surface area contributed by atoms with Crippen molar-refractivity contribution in [3.8, 4) is 5.88 Å². The zero-order chi connectivity index (χ0) is 23.2. The molecule has 0 spiro atoms. The molecule has 0 aliphatic carbocycles. The molecule has 0 atom stereocenters. The first-order chi connectivity index (χ1) is 16.1. The molecule has 0 aliphatic rings. The zero-order valence-electron chi connectivity index (χ0n) is 17.9. The van der Waals surface area contributed by atoms with E-state index in [9.17, 15) is 9.90 Å². The van der Waals surface area contributed by atoms with Crippen molar-refractivity contribution < 1.29 is 14.6 Å². The minimum absolute atomic E-state index is 0.0189. The predicted octanol–water partition coefficient (Wildman–Crippen LogP) is 6.05. The maximum atomic E-state index is 11.8. The Balaban J connectivity index is 1.53. The summed E-state index contributed by atoms with van der Waals surface area (Å²) in [6.07, 6.45) is 0. The fraction of sp³-hybridized carbons (Fsp3) is 0.120. The summed E-state index contributed by atoms with van der Waals surface area (Å²) in [5, 5.41) is 23.1. The fourth-order valence-corrected chi connectivity index (χ4v) is 3.60. The van der Waals surface area contributed by atoms with Crippen molar-refractivity contribution in [3.05, 3.63) is 90.0 Å². The Morgan fingerprint density at radius 1 is 1.03 bits per heavy atom. The lowest BCUT2D eigenvalue weighted by Crippen LogP contribution is -2.07. The number of esters is 1. The second-order valence-corrected chi connectivity index (χ2v) is 7.58. The number of hydrogen-bond acceptors (Lipinski definition) is 5. The normalized spacial score (nSPS) is 11.1. The second-order valence-electron chi connectivity index (χ2n) is 7.19. The van der Waals surface area contributed by atoms with Crippen LogP contribution < -0.4 is 5.32 Å². The molecular weight excluding hydrogens is 436 g/mol. The van der Waals surface area contributed by atoms with Gasteiger partial charge in [-0.2, -0.15) is 0 Å². The van der Waals surface area contributed by atoms with Gasteiger partial charge in [0.25, 0.3) is 0 Å². The van der Waals surface area contributed by atoms with Gasteiger partial charge in [0, 0.05) is 11.1 Å². The monoisotopic (exact) mass is 458 g/mol. The van der Waals surface area contributed by atoms with Gasteiger partial charge in [-0.25, -0.2) is 4.79 Å². The lowest BCUT2D eigenvalue weighted by molar-refractivity contribution is 0.0526. The Morgan fingerprint density at radius 3 is 2.45 bits per heavy atom. The van der Waals surface area contributed by atoms with E-state index in [-0.39, 0.29) is 17.0 Å². The third-order valence-corrected chi connectivity index (χ3v) is 5.17. The van der Waals surface area contributed by atoms with Crippen molar-refractivity contribution in [1.82, 2.24) is 4.57 Å². The summed E-state index contributed by atoms with van der Waals surface area (Å²) in [5.74, 6) is -0.362. The van der Waals surface area contributed by atoms with Crippen LogP contribution in [0.2, 0.25) is 0 Å². The Morgan fingerprint density at radius 2 is 1.73 bits per heavy atom. The number of rotatable bonds is 6. The summed E-state index contributed by atoms with van der Waals surface area (Å²) in [6.45, 7) is 2.57. The lowest BCUT2D eigenvalue weighted by atomic mass is 10.2. The molecule has 1 heterocycles. The average Bonchev–Trinajstić information content (AvgIpc) is 3.10. The van der Waals surface area contributed by atoms with Gasteiger partial charge in [-0.15, -0.1) is 10.2 Å². The number of carbonyl (C=O) groups excluding carboxylic acids is 1. The number of aromatic nitrogens is 1. The van der Waals surface area contributed by atoms with Gasteiger partial charge in [-0.3, -0.25) is 0 Å². The van der Waals surface area contributed by atoms with E-state index in [0.29, 0.717) is 30.1 Å². The minimum Gasteiger partial charge on any atom is -0.493 e. The fourth-order valence-electron chi connectivity index (χ4n) is 3.44. The number of ether oxygens (including phenoxy) is 1. The molecule has 2 N–H and O–H groups in total. The topological polar surface area (TPSA) is 88.2 Å². The highest BCUT2D eigenvalue weighted by molar-refractivity contribution is 7.80. The van der Waals surface area contributed by atoms with E-state index in [1.165, 1.54) is 0 Å². The van der Waals surface area contributed by atoms with Gasteiger partial charge in [0.05, 0.1) is 24.2 Å². The average molecular weight is 459 g/mol. The van der Waals surface area contributed by atoms with Crippen molar-refractivity contribution in [2.45, 2.75) is 13.5 Å². The van der Waals surface area contributed by atoms with E-state index in [4.69, 9.17) is 17.0 Å². The van der Waals surface area contributed by atoms with Crippen molar-refractivity contribution >= 4 is 45.6 Å². The highest BCUT2D eigenvalue weighted by Gasteiger charge is 2.16. The highest BCUT2D eigenvalue weighted by Crippen LogP contribution is 2.39. The van der Waals surface area contributed by atoms with Crippen LogP contribution in [0.5, 0.6) is 5.88 Å². The summed E-state index contributed by atoms with van der Waals surface area (Å²) in [6, 6.07) is 24.2. The predicted molar refractivity (Wildman–Crippen MR) is 132 cm³/mol. The third-order valence-electron chi connectivity index (χ3n) is 4.99. The molecule has 8 heteroatoms. The molecular formula is C25H22N4O3S. The first-order valence-corrected chi connectivity index (χ1v) is 10.8. The molecule has 166 valence electrons. The first-order valence-electron chi connectivity index (χ1n) is 10.4. The van der Waals surface area contributed by atoms with Crippen LogP contribution in [0.3, 0.4) is 0 Å². The second kappa shape index (κ2) is 10.1. The maximum absolute atomic E-state index is 11.8. The third kappa shape index (κ3) is 5.07. The Labute approximate surface area is 196 Å².